The number of sulfonamides is 1. The van der Waals surface area contributed by atoms with E-state index in [1.807, 2.05) is 6.92 Å². The van der Waals surface area contributed by atoms with Gasteiger partial charge in [0.15, 0.2) is 0 Å². The van der Waals surface area contributed by atoms with E-state index in [0.717, 1.165) is 24.6 Å². The average Bonchev–Trinajstić information content (AvgIpc) is 2.58. The molecule has 1 saturated heterocycles. The first kappa shape index (κ1) is 18.2. The number of nitrogens with zero attached hydrogens (tertiary/aromatic N) is 2. The molecule has 4 nitrogen and oxygen atoms in total. The predicted molar refractivity (Wildman–Crippen MR) is 97.9 cm³/mol. The van der Waals surface area contributed by atoms with Gasteiger partial charge < -0.3 is 0 Å². The van der Waals surface area contributed by atoms with Crippen molar-refractivity contribution in [2.45, 2.75) is 50.5 Å². The number of rotatable bonds is 3. The second-order valence-electron chi connectivity index (χ2n) is 7.18. The summed E-state index contributed by atoms with van der Waals surface area (Å²) in [5, 5.41) is 0.505. The summed E-state index contributed by atoms with van der Waals surface area (Å²) in [6.45, 7) is 7.00. The van der Waals surface area contributed by atoms with Crippen molar-refractivity contribution >= 4 is 21.6 Å². The van der Waals surface area contributed by atoms with Crippen LogP contribution in [0.15, 0.2) is 23.1 Å². The van der Waals surface area contributed by atoms with Crippen molar-refractivity contribution in [1.82, 2.24) is 9.21 Å². The second kappa shape index (κ2) is 7.32. The van der Waals surface area contributed by atoms with E-state index in [2.05, 4.69) is 11.8 Å². The first-order valence-corrected chi connectivity index (χ1v) is 10.7. The molecule has 1 saturated carbocycles. The van der Waals surface area contributed by atoms with Crippen LogP contribution in [0.3, 0.4) is 0 Å². The maximum Gasteiger partial charge on any atom is 0.243 e. The molecule has 0 N–H and O–H groups in total. The lowest BCUT2D eigenvalue weighted by molar-refractivity contribution is 0.0786. The Bertz CT molecular complexity index is 684. The number of hydrogen-bond donors (Lipinski definition) is 0. The molecular weight excluding hydrogens is 344 g/mol. The Hall–Kier alpha value is -0.620. The van der Waals surface area contributed by atoms with E-state index in [-0.39, 0.29) is 0 Å². The lowest BCUT2D eigenvalue weighted by atomic mass is 9.84. The van der Waals surface area contributed by atoms with Crippen LogP contribution in [0, 0.1) is 12.8 Å². The second-order valence-corrected chi connectivity index (χ2v) is 9.53. The van der Waals surface area contributed by atoms with Gasteiger partial charge in [0.05, 0.1) is 4.90 Å². The highest BCUT2D eigenvalue weighted by Gasteiger charge is 2.33. The van der Waals surface area contributed by atoms with E-state index in [9.17, 15) is 8.42 Å². The van der Waals surface area contributed by atoms with Gasteiger partial charge in [0, 0.05) is 37.2 Å². The average molecular weight is 371 g/mol. The lowest BCUT2D eigenvalue weighted by Gasteiger charge is -2.43. The van der Waals surface area contributed by atoms with Crippen LogP contribution >= 0.6 is 11.6 Å². The van der Waals surface area contributed by atoms with Crippen LogP contribution in [-0.2, 0) is 10.0 Å². The van der Waals surface area contributed by atoms with Crippen molar-refractivity contribution in [2.75, 3.05) is 26.2 Å². The standard InChI is InChI=1S/C18H27ClN2O2S/c1-14-7-8-16(13-17(14)19)24(22,23)21-11-9-20(10-12-21)18-6-4-3-5-15(18)2/h7-8,13,15,18H,3-6,9-12H2,1-2H3/t15-,18-/m1/s1. The Morgan fingerprint density at radius 2 is 1.75 bits per heavy atom. The first-order valence-electron chi connectivity index (χ1n) is 8.90. The number of benzene rings is 1. The van der Waals surface area contributed by atoms with Crippen molar-refractivity contribution in [3.8, 4) is 0 Å². The van der Waals surface area contributed by atoms with Crippen molar-refractivity contribution in [3.05, 3.63) is 28.8 Å². The van der Waals surface area contributed by atoms with Gasteiger partial charge in [0.1, 0.15) is 0 Å². The molecule has 0 amide bonds. The molecule has 2 aliphatic rings. The van der Waals surface area contributed by atoms with Crippen molar-refractivity contribution in [2.24, 2.45) is 5.92 Å². The maximum atomic E-state index is 12.8. The van der Waals surface area contributed by atoms with Crippen LogP contribution in [0.25, 0.3) is 0 Å². The van der Waals surface area contributed by atoms with E-state index in [1.165, 1.54) is 25.7 Å². The largest absolute Gasteiger partial charge is 0.298 e. The molecule has 0 spiro atoms. The third-order valence-corrected chi connectivity index (χ3v) is 7.89. The molecule has 1 heterocycles. The molecule has 0 bridgehead atoms. The molecule has 6 heteroatoms. The van der Waals surface area contributed by atoms with Crippen LogP contribution in [0.2, 0.25) is 5.02 Å². The Morgan fingerprint density at radius 3 is 2.38 bits per heavy atom. The zero-order valence-corrected chi connectivity index (χ0v) is 16.1. The molecule has 2 fully saturated rings. The molecule has 1 aromatic carbocycles. The molecule has 24 heavy (non-hydrogen) atoms. The van der Waals surface area contributed by atoms with Crippen molar-refractivity contribution < 1.29 is 8.42 Å². The quantitative estimate of drug-likeness (QED) is 0.817. The van der Waals surface area contributed by atoms with Gasteiger partial charge in [0.2, 0.25) is 10.0 Å². The smallest absolute Gasteiger partial charge is 0.243 e. The normalized spacial score (nSPS) is 27.3. The molecule has 1 aliphatic heterocycles. The Morgan fingerprint density at radius 1 is 1.08 bits per heavy atom. The molecule has 0 radical (unpaired) electrons. The number of halogens is 1. The summed E-state index contributed by atoms with van der Waals surface area (Å²) in [4.78, 5) is 2.80. The summed E-state index contributed by atoms with van der Waals surface area (Å²) < 4.78 is 27.3. The fraction of sp³-hybridized carbons (Fsp3) is 0.667. The summed E-state index contributed by atoms with van der Waals surface area (Å²) >= 11 is 6.11. The topological polar surface area (TPSA) is 40.6 Å². The minimum atomic E-state index is -3.45. The number of piperazine rings is 1. The maximum absolute atomic E-state index is 12.8. The van der Waals surface area contributed by atoms with Gasteiger partial charge in [-0.15, -0.1) is 0 Å². The van der Waals surface area contributed by atoms with Gasteiger partial charge in [-0.2, -0.15) is 4.31 Å². The van der Waals surface area contributed by atoms with Gasteiger partial charge in [0.25, 0.3) is 0 Å². The van der Waals surface area contributed by atoms with Crippen LogP contribution in [0.5, 0.6) is 0 Å². The van der Waals surface area contributed by atoms with Gasteiger partial charge in [-0.1, -0.05) is 37.4 Å². The fourth-order valence-electron chi connectivity index (χ4n) is 4.00. The predicted octanol–water partition coefficient (Wildman–Crippen LogP) is 3.53. The number of hydrogen-bond acceptors (Lipinski definition) is 3. The summed E-state index contributed by atoms with van der Waals surface area (Å²) in [6.07, 6.45) is 5.18. The van der Waals surface area contributed by atoms with Crippen LogP contribution in [0.1, 0.15) is 38.2 Å². The molecule has 134 valence electrons. The molecular formula is C18H27ClN2O2S. The molecule has 1 aliphatic carbocycles. The van der Waals surface area contributed by atoms with Crippen LogP contribution in [-0.4, -0.2) is 49.8 Å². The highest BCUT2D eigenvalue weighted by atomic mass is 35.5. The zero-order chi connectivity index (χ0) is 17.3. The Labute approximate surface area is 150 Å². The van der Waals surface area contributed by atoms with Crippen LogP contribution in [0.4, 0.5) is 0 Å². The lowest BCUT2D eigenvalue weighted by Crippen LogP contribution is -2.53. The summed E-state index contributed by atoms with van der Waals surface area (Å²) in [5.41, 5.74) is 0.895. The summed E-state index contributed by atoms with van der Waals surface area (Å²) in [5.74, 6) is 0.720. The Kier molecular flexibility index (Phi) is 5.55. The SMILES string of the molecule is Cc1ccc(S(=O)(=O)N2CCN([C@@H]3CCCC[C@H]3C)CC2)cc1Cl. The molecule has 0 aromatic heterocycles. The summed E-state index contributed by atoms with van der Waals surface area (Å²) in [6, 6.07) is 5.63. The molecule has 3 rings (SSSR count). The third-order valence-electron chi connectivity index (χ3n) is 5.59. The van der Waals surface area contributed by atoms with Gasteiger partial charge in [-0.05, 0) is 43.4 Å². The minimum Gasteiger partial charge on any atom is -0.298 e. The zero-order valence-electron chi connectivity index (χ0n) is 14.5. The number of aryl methyl sites for hydroxylation is 1. The first-order chi connectivity index (χ1) is 11.4. The molecule has 0 unspecified atom stereocenters. The van der Waals surface area contributed by atoms with E-state index in [4.69, 9.17) is 11.6 Å². The third kappa shape index (κ3) is 3.64. The minimum absolute atomic E-state index is 0.303. The van der Waals surface area contributed by atoms with Gasteiger partial charge >= 0.3 is 0 Å². The van der Waals surface area contributed by atoms with E-state index < -0.39 is 10.0 Å². The van der Waals surface area contributed by atoms with E-state index >= 15 is 0 Å². The van der Waals surface area contributed by atoms with Crippen LogP contribution < -0.4 is 0 Å². The monoisotopic (exact) mass is 370 g/mol. The molecule has 2 atom stereocenters. The summed E-state index contributed by atoms with van der Waals surface area (Å²) in [7, 11) is -3.45. The van der Waals surface area contributed by atoms with Crippen molar-refractivity contribution in [3.63, 3.8) is 0 Å². The van der Waals surface area contributed by atoms with Gasteiger partial charge in [-0.3, -0.25) is 4.90 Å². The molecule has 1 aromatic rings. The highest BCUT2D eigenvalue weighted by molar-refractivity contribution is 7.89. The highest BCUT2D eigenvalue weighted by Crippen LogP contribution is 2.30. The van der Waals surface area contributed by atoms with E-state index in [1.54, 1.807) is 22.5 Å². The van der Waals surface area contributed by atoms with Crippen molar-refractivity contribution in [1.29, 1.82) is 0 Å². The van der Waals surface area contributed by atoms with Gasteiger partial charge in [-0.25, -0.2) is 8.42 Å². The van der Waals surface area contributed by atoms with E-state index in [0.29, 0.717) is 29.0 Å². The Balaban J connectivity index is 1.68. The fourth-order valence-corrected chi connectivity index (χ4v) is 5.69.